The molecule has 1 amide bonds. The van der Waals surface area contributed by atoms with E-state index in [2.05, 4.69) is 21.7 Å². The van der Waals surface area contributed by atoms with Crippen molar-refractivity contribution in [1.82, 2.24) is 20.2 Å². The summed E-state index contributed by atoms with van der Waals surface area (Å²) in [6.45, 7) is 2.26. The molecule has 8 heteroatoms. The number of nitrogens with one attached hydrogen (secondary N) is 3. The third-order valence-electron chi connectivity index (χ3n) is 4.33. The highest BCUT2D eigenvalue weighted by molar-refractivity contribution is 7.99. The fourth-order valence-electron chi connectivity index (χ4n) is 2.82. The molecule has 0 aliphatic heterocycles. The molecule has 0 bridgehead atoms. The number of amides is 1. The van der Waals surface area contributed by atoms with Gasteiger partial charge in [-0.3, -0.25) is 4.79 Å². The Hall–Kier alpha value is -2.74. The van der Waals surface area contributed by atoms with E-state index >= 15 is 0 Å². The van der Waals surface area contributed by atoms with Crippen LogP contribution in [-0.2, 0) is 13.6 Å². The van der Waals surface area contributed by atoms with E-state index in [1.54, 1.807) is 23.9 Å². The molecule has 0 saturated heterocycles. The van der Waals surface area contributed by atoms with Crippen LogP contribution < -0.4 is 16.4 Å². The third-order valence-corrected chi connectivity index (χ3v) is 5.63. The molecule has 5 N–H and O–H groups in total. The van der Waals surface area contributed by atoms with E-state index in [1.165, 1.54) is 6.21 Å². The summed E-state index contributed by atoms with van der Waals surface area (Å²) >= 11 is 1.69. The lowest BCUT2D eigenvalue weighted by molar-refractivity contribution is 0.0942. The topological polar surface area (TPSA) is 109 Å². The molecular weight excluding hydrogens is 372 g/mol. The Labute approximate surface area is 170 Å². The van der Waals surface area contributed by atoms with Crippen LogP contribution in [-0.4, -0.2) is 34.5 Å². The maximum atomic E-state index is 12.8. The Kier molecular flexibility index (Phi) is 8.13. The summed E-state index contributed by atoms with van der Waals surface area (Å²) in [5, 5.41) is 13.7. The third kappa shape index (κ3) is 5.39. The molecule has 150 valence electrons. The van der Waals surface area contributed by atoms with Crippen LogP contribution in [0, 0.1) is 12.3 Å². The molecule has 0 aliphatic carbocycles. The Morgan fingerprint density at radius 1 is 1.43 bits per heavy atom. The first-order valence-electron chi connectivity index (χ1n) is 9.14. The number of rotatable bonds is 10. The molecule has 28 heavy (non-hydrogen) atoms. The molecule has 0 unspecified atom stereocenters. The van der Waals surface area contributed by atoms with Crippen LogP contribution in [0.15, 0.2) is 35.4 Å². The van der Waals surface area contributed by atoms with Gasteiger partial charge in [0.2, 0.25) is 0 Å². The van der Waals surface area contributed by atoms with E-state index in [0.29, 0.717) is 22.8 Å². The number of carbonyl (C=O) groups excluding carboxylic acids is 1. The summed E-state index contributed by atoms with van der Waals surface area (Å²) < 4.78 is 1.85. The number of allylic oxidation sites excluding steroid dienone is 1. The van der Waals surface area contributed by atoms with Gasteiger partial charge in [-0.2, -0.15) is 0 Å². The SMILES string of the molecule is CN/C=C\CCCSc1c(C=N)c(C(=O)NCc2cccc(N)n2)n(C)c1C. The van der Waals surface area contributed by atoms with Gasteiger partial charge in [0.05, 0.1) is 12.2 Å². The van der Waals surface area contributed by atoms with Crippen molar-refractivity contribution in [2.75, 3.05) is 18.5 Å². The number of anilines is 1. The molecule has 0 atom stereocenters. The number of nitrogen functional groups attached to an aromatic ring is 1. The lowest BCUT2D eigenvalue weighted by Crippen LogP contribution is -2.26. The number of pyridine rings is 1. The van der Waals surface area contributed by atoms with Gasteiger partial charge < -0.3 is 26.3 Å². The van der Waals surface area contributed by atoms with E-state index in [1.807, 2.05) is 37.9 Å². The van der Waals surface area contributed by atoms with Gasteiger partial charge in [0.1, 0.15) is 11.5 Å². The van der Waals surface area contributed by atoms with E-state index in [-0.39, 0.29) is 12.5 Å². The molecule has 2 aromatic heterocycles. The molecule has 2 aromatic rings. The number of nitrogens with zero attached hydrogens (tertiary/aromatic N) is 2. The fraction of sp³-hybridized carbons (Fsp3) is 0.350. The minimum Gasteiger partial charge on any atom is -0.394 e. The van der Waals surface area contributed by atoms with Gasteiger partial charge in [0.15, 0.2) is 0 Å². The van der Waals surface area contributed by atoms with Gasteiger partial charge >= 0.3 is 0 Å². The van der Waals surface area contributed by atoms with Gasteiger partial charge in [0.25, 0.3) is 5.91 Å². The molecule has 2 heterocycles. The van der Waals surface area contributed by atoms with Crippen molar-refractivity contribution in [3.8, 4) is 0 Å². The van der Waals surface area contributed by atoms with Crippen molar-refractivity contribution >= 4 is 29.7 Å². The van der Waals surface area contributed by atoms with Crippen LogP contribution in [0.3, 0.4) is 0 Å². The standard InChI is InChI=1S/C20H28N6OS/c1-14-19(28-11-6-4-5-10-23-2)16(12-21)18(26(14)3)20(27)24-13-15-8-7-9-17(22)25-15/h5,7-10,12,21,23H,4,6,11,13H2,1-3H3,(H2,22,25)(H,24,27)/b10-5-,21-12?. The van der Waals surface area contributed by atoms with E-state index in [4.69, 9.17) is 11.1 Å². The van der Waals surface area contributed by atoms with Crippen LogP contribution >= 0.6 is 11.8 Å². The van der Waals surface area contributed by atoms with Crippen molar-refractivity contribution in [3.63, 3.8) is 0 Å². The second kappa shape index (κ2) is 10.6. The second-order valence-electron chi connectivity index (χ2n) is 6.30. The Balaban J connectivity index is 2.09. The predicted molar refractivity (Wildman–Crippen MR) is 116 cm³/mol. The number of nitrogens with two attached hydrogens (primary N) is 1. The maximum Gasteiger partial charge on any atom is 0.268 e. The van der Waals surface area contributed by atoms with Crippen LogP contribution in [0.5, 0.6) is 0 Å². The van der Waals surface area contributed by atoms with Gasteiger partial charge in [-0.15, -0.1) is 11.8 Å². The number of thioether (sulfide) groups is 1. The molecular formula is C20H28N6OS. The minimum absolute atomic E-state index is 0.225. The lowest BCUT2D eigenvalue weighted by atomic mass is 10.2. The number of aromatic nitrogens is 2. The fourth-order valence-corrected chi connectivity index (χ4v) is 3.99. The number of carbonyl (C=O) groups is 1. The molecule has 0 saturated carbocycles. The molecule has 0 fully saturated rings. The highest BCUT2D eigenvalue weighted by Gasteiger charge is 2.22. The normalized spacial score (nSPS) is 11.0. The van der Waals surface area contributed by atoms with Crippen molar-refractivity contribution in [2.45, 2.75) is 31.2 Å². The monoisotopic (exact) mass is 400 g/mol. The Morgan fingerprint density at radius 2 is 2.21 bits per heavy atom. The lowest BCUT2D eigenvalue weighted by Gasteiger charge is -2.08. The summed E-state index contributed by atoms with van der Waals surface area (Å²) in [4.78, 5) is 18.0. The summed E-state index contributed by atoms with van der Waals surface area (Å²) in [5.41, 5.74) is 8.52. The molecule has 2 rings (SSSR count). The summed E-state index contributed by atoms with van der Waals surface area (Å²) in [5.74, 6) is 1.12. The van der Waals surface area contributed by atoms with Gasteiger partial charge in [0, 0.05) is 36.5 Å². The molecule has 0 aromatic carbocycles. The van der Waals surface area contributed by atoms with Crippen molar-refractivity contribution < 1.29 is 4.79 Å². The number of hydrogen-bond donors (Lipinski definition) is 4. The second-order valence-corrected chi connectivity index (χ2v) is 7.40. The van der Waals surface area contributed by atoms with E-state index < -0.39 is 0 Å². The Morgan fingerprint density at radius 3 is 2.89 bits per heavy atom. The zero-order valence-electron chi connectivity index (χ0n) is 16.6. The first kappa shape index (κ1) is 21.6. The zero-order chi connectivity index (χ0) is 20.5. The van der Waals surface area contributed by atoms with Crippen molar-refractivity contribution in [1.29, 1.82) is 5.41 Å². The average molecular weight is 401 g/mol. The minimum atomic E-state index is -0.225. The van der Waals surface area contributed by atoms with Crippen LogP contribution in [0.4, 0.5) is 5.82 Å². The van der Waals surface area contributed by atoms with Crippen LogP contribution in [0.1, 0.15) is 40.3 Å². The van der Waals surface area contributed by atoms with E-state index in [0.717, 1.165) is 29.2 Å². The molecule has 0 radical (unpaired) electrons. The summed E-state index contributed by atoms with van der Waals surface area (Å²) in [7, 11) is 3.74. The highest BCUT2D eigenvalue weighted by atomic mass is 32.2. The van der Waals surface area contributed by atoms with Crippen LogP contribution in [0.25, 0.3) is 0 Å². The maximum absolute atomic E-state index is 12.8. The largest absolute Gasteiger partial charge is 0.394 e. The van der Waals surface area contributed by atoms with Gasteiger partial charge in [-0.25, -0.2) is 4.98 Å². The highest BCUT2D eigenvalue weighted by Crippen LogP contribution is 2.31. The predicted octanol–water partition coefficient (Wildman–Crippen LogP) is 2.84. The van der Waals surface area contributed by atoms with Gasteiger partial charge in [-0.05, 0) is 43.9 Å². The zero-order valence-corrected chi connectivity index (χ0v) is 17.4. The van der Waals surface area contributed by atoms with Gasteiger partial charge in [-0.1, -0.05) is 12.1 Å². The Bertz CT molecular complexity index is 859. The van der Waals surface area contributed by atoms with Crippen molar-refractivity contribution in [2.24, 2.45) is 7.05 Å². The first-order valence-corrected chi connectivity index (χ1v) is 10.1. The molecule has 0 spiro atoms. The molecule has 0 aliphatic rings. The molecule has 7 nitrogen and oxygen atoms in total. The smallest absolute Gasteiger partial charge is 0.268 e. The quantitative estimate of drug-likeness (QED) is 0.279. The first-order chi connectivity index (χ1) is 13.5. The number of hydrogen-bond acceptors (Lipinski definition) is 6. The number of unbranched alkanes of at least 4 members (excludes halogenated alkanes) is 1. The van der Waals surface area contributed by atoms with E-state index in [9.17, 15) is 4.79 Å². The summed E-state index contributed by atoms with van der Waals surface area (Å²) in [6, 6.07) is 5.32. The van der Waals surface area contributed by atoms with Crippen LogP contribution in [0.2, 0.25) is 0 Å². The summed E-state index contributed by atoms with van der Waals surface area (Å²) in [6.07, 6.45) is 7.31. The average Bonchev–Trinajstić information content (AvgIpc) is 2.93. The van der Waals surface area contributed by atoms with Crippen molar-refractivity contribution in [3.05, 3.63) is 53.1 Å².